The Morgan fingerprint density at radius 1 is 1.06 bits per heavy atom. The zero-order chi connectivity index (χ0) is 13.0. The third-order valence-electron chi connectivity index (χ3n) is 2.68. The third kappa shape index (κ3) is 3.16. The van der Waals surface area contributed by atoms with E-state index >= 15 is 0 Å². The van der Waals surface area contributed by atoms with Crippen LogP contribution in [0.2, 0.25) is 10.0 Å². The average molecular weight is 281 g/mol. The molecule has 0 bridgehead atoms. The maximum atomic E-state index is 6.17. The van der Waals surface area contributed by atoms with Gasteiger partial charge in [0, 0.05) is 22.3 Å². The predicted molar refractivity (Wildman–Crippen MR) is 78.3 cm³/mol. The van der Waals surface area contributed by atoms with E-state index in [1.807, 2.05) is 48.5 Å². The summed E-state index contributed by atoms with van der Waals surface area (Å²) in [5.74, 6) is 0. The molecule has 2 rings (SSSR count). The summed E-state index contributed by atoms with van der Waals surface area (Å²) in [6.07, 6.45) is 0. The van der Waals surface area contributed by atoms with Crippen LogP contribution in [-0.2, 0) is 0 Å². The summed E-state index contributed by atoms with van der Waals surface area (Å²) in [6.45, 7) is 0.455. The van der Waals surface area contributed by atoms with Gasteiger partial charge >= 0.3 is 0 Å². The van der Waals surface area contributed by atoms with Gasteiger partial charge in [-0.25, -0.2) is 0 Å². The molecule has 1 unspecified atom stereocenters. The van der Waals surface area contributed by atoms with Gasteiger partial charge in [-0.1, -0.05) is 47.5 Å². The summed E-state index contributed by atoms with van der Waals surface area (Å²) >= 11 is 12.1. The Bertz CT molecular complexity index is 529. The van der Waals surface area contributed by atoms with Gasteiger partial charge in [0.25, 0.3) is 0 Å². The van der Waals surface area contributed by atoms with Gasteiger partial charge in [-0.05, 0) is 29.8 Å². The van der Waals surface area contributed by atoms with Crippen LogP contribution in [-0.4, -0.2) is 6.54 Å². The lowest BCUT2D eigenvalue weighted by Gasteiger charge is -2.19. The molecule has 0 spiro atoms. The minimum Gasteiger partial charge on any atom is -0.377 e. The molecule has 0 heterocycles. The Kier molecular flexibility index (Phi) is 4.48. The van der Waals surface area contributed by atoms with Gasteiger partial charge < -0.3 is 11.1 Å². The molecule has 0 aromatic heterocycles. The molecule has 0 aliphatic rings. The van der Waals surface area contributed by atoms with Crippen LogP contribution in [0.4, 0.5) is 5.69 Å². The number of halogens is 2. The first-order chi connectivity index (χ1) is 8.70. The third-order valence-corrected chi connectivity index (χ3v) is 3.26. The summed E-state index contributed by atoms with van der Waals surface area (Å²) < 4.78 is 0. The molecule has 1 atom stereocenters. The highest BCUT2D eigenvalue weighted by Crippen LogP contribution is 2.26. The van der Waals surface area contributed by atoms with Gasteiger partial charge in [0.1, 0.15) is 0 Å². The molecule has 0 fully saturated rings. The Morgan fingerprint density at radius 3 is 2.50 bits per heavy atom. The summed E-state index contributed by atoms with van der Waals surface area (Å²) in [5.41, 5.74) is 7.72. The second-order valence-corrected chi connectivity index (χ2v) is 4.81. The van der Waals surface area contributed by atoms with Crippen LogP contribution in [0.25, 0.3) is 0 Å². The first-order valence-electron chi connectivity index (χ1n) is 5.67. The zero-order valence-corrected chi connectivity index (χ0v) is 11.2. The molecule has 0 saturated heterocycles. The lowest BCUT2D eigenvalue weighted by Crippen LogP contribution is -2.20. The molecule has 0 radical (unpaired) electrons. The van der Waals surface area contributed by atoms with Crippen molar-refractivity contribution in [1.29, 1.82) is 0 Å². The second kappa shape index (κ2) is 6.10. The standard InChI is InChI=1S/C14H14Cl2N2/c15-10-4-3-5-11(8-10)18-14(9-17)12-6-1-2-7-13(12)16/h1-8,14,18H,9,17H2. The van der Waals surface area contributed by atoms with Crippen LogP contribution in [0.5, 0.6) is 0 Å². The number of benzene rings is 2. The van der Waals surface area contributed by atoms with Crippen molar-refractivity contribution in [2.24, 2.45) is 5.73 Å². The predicted octanol–water partition coefficient (Wildman–Crippen LogP) is 4.11. The Labute approximate surface area is 117 Å². The van der Waals surface area contributed by atoms with Crippen molar-refractivity contribution in [3.05, 3.63) is 64.1 Å². The number of anilines is 1. The van der Waals surface area contributed by atoms with Gasteiger partial charge in [-0.15, -0.1) is 0 Å². The zero-order valence-electron chi connectivity index (χ0n) is 9.74. The van der Waals surface area contributed by atoms with Crippen LogP contribution in [0.15, 0.2) is 48.5 Å². The van der Waals surface area contributed by atoms with Gasteiger partial charge in [-0.2, -0.15) is 0 Å². The van der Waals surface area contributed by atoms with Gasteiger partial charge in [0.15, 0.2) is 0 Å². The molecule has 2 aromatic rings. The molecule has 2 aromatic carbocycles. The van der Waals surface area contributed by atoms with E-state index in [9.17, 15) is 0 Å². The first kappa shape index (κ1) is 13.2. The minimum absolute atomic E-state index is 0.0304. The van der Waals surface area contributed by atoms with E-state index in [0.29, 0.717) is 16.6 Å². The quantitative estimate of drug-likeness (QED) is 0.885. The minimum atomic E-state index is -0.0304. The molecule has 0 aliphatic heterocycles. The van der Waals surface area contributed by atoms with Crippen LogP contribution < -0.4 is 11.1 Å². The van der Waals surface area contributed by atoms with Crippen molar-refractivity contribution in [1.82, 2.24) is 0 Å². The summed E-state index contributed by atoms with van der Waals surface area (Å²) in [4.78, 5) is 0. The normalized spacial score (nSPS) is 12.2. The lowest BCUT2D eigenvalue weighted by atomic mass is 10.1. The lowest BCUT2D eigenvalue weighted by molar-refractivity contribution is 0.790. The fourth-order valence-electron chi connectivity index (χ4n) is 1.80. The van der Waals surface area contributed by atoms with Crippen LogP contribution in [0, 0.1) is 0 Å². The highest BCUT2D eigenvalue weighted by atomic mass is 35.5. The molecule has 0 saturated carbocycles. The molecular formula is C14H14Cl2N2. The largest absolute Gasteiger partial charge is 0.377 e. The Balaban J connectivity index is 2.23. The van der Waals surface area contributed by atoms with E-state index < -0.39 is 0 Å². The highest BCUT2D eigenvalue weighted by Gasteiger charge is 2.12. The van der Waals surface area contributed by atoms with Gasteiger partial charge in [0.2, 0.25) is 0 Å². The molecular weight excluding hydrogens is 267 g/mol. The maximum absolute atomic E-state index is 6.17. The number of hydrogen-bond donors (Lipinski definition) is 2. The maximum Gasteiger partial charge on any atom is 0.0650 e. The molecule has 0 aliphatic carbocycles. The van der Waals surface area contributed by atoms with Crippen molar-refractivity contribution >= 4 is 28.9 Å². The smallest absolute Gasteiger partial charge is 0.0650 e. The number of nitrogens with two attached hydrogens (primary N) is 1. The topological polar surface area (TPSA) is 38.0 Å². The Hall–Kier alpha value is -1.22. The van der Waals surface area contributed by atoms with E-state index in [4.69, 9.17) is 28.9 Å². The van der Waals surface area contributed by atoms with Crippen molar-refractivity contribution in [2.45, 2.75) is 6.04 Å². The molecule has 94 valence electrons. The van der Waals surface area contributed by atoms with Crippen molar-refractivity contribution in [2.75, 3.05) is 11.9 Å². The van der Waals surface area contributed by atoms with Crippen LogP contribution in [0.1, 0.15) is 11.6 Å². The van der Waals surface area contributed by atoms with Gasteiger partial charge in [-0.3, -0.25) is 0 Å². The number of rotatable bonds is 4. The monoisotopic (exact) mass is 280 g/mol. The van der Waals surface area contributed by atoms with E-state index in [1.165, 1.54) is 0 Å². The number of hydrogen-bond acceptors (Lipinski definition) is 2. The highest BCUT2D eigenvalue weighted by molar-refractivity contribution is 6.31. The van der Waals surface area contributed by atoms with Crippen molar-refractivity contribution < 1.29 is 0 Å². The molecule has 3 N–H and O–H groups in total. The van der Waals surface area contributed by atoms with E-state index in [2.05, 4.69) is 5.32 Å². The van der Waals surface area contributed by atoms with Crippen molar-refractivity contribution in [3.63, 3.8) is 0 Å². The molecule has 0 amide bonds. The Morgan fingerprint density at radius 2 is 1.83 bits per heavy atom. The van der Waals surface area contributed by atoms with E-state index in [0.717, 1.165) is 11.3 Å². The molecule has 18 heavy (non-hydrogen) atoms. The van der Waals surface area contributed by atoms with Gasteiger partial charge in [0.05, 0.1) is 6.04 Å². The SMILES string of the molecule is NCC(Nc1cccc(Cl)c1)c1ccccc1Cl. The van der Waals surface area contributed by atoms with E-state index in [-0.39, 0.29) is 6.04 Å². The number of nitrogens with one attached hydrogen (secondary N) is 1. The summed E-state index contributed by atoms with van der Waals surface area (Å²) in [6, 6.07) is 15.2. The fraction of sp³-hybridized carbons (Fsp3) is 0.143. The average Bonchev–Trinajstić information content (AvgIpc) is 2.37. The second-order valence-electron chi connectivity index (χ2n) is 3.96. The summed E-state index contributed by atoms with van der Waals surface area (Å²) in [5, 5.41) is 4.73. The van der Waals surface area contributed by atoms with Crippen molar-refractivity contribution in [3.8, 4) is 0 Å². The van der Waals surface area contributed by atoms with Crippen LogP contribution >= 0.6 is 23.2 Å². The molecule has 2 nitrogen and oxygen atoms in total. The molecule has 4 heteroatoms. The van der Waals surface area contributed by atoms with E-state index in [1.54, 1.807) is 0 Å². The first-order valence-corrected chi connectivity index (χ1v) is 6.43. The fourth-order valence-corrected chi connectivity index (χ4v) is 2.26. The summed E-state index contributed by atoms with van der Waals surface area (Å²) in [7, 11) is 0. The van der Waals surface area contributed by atoms with Crippen LogP contribution in [0.3, 0.4) is 0 Å².